The van der Waals surface area contributed by atoms with Crippen LogP contribution in [0.4, 0.5) is 0 Å². The van der Waals surface area contributed by atoms with Crippen LogP contribution in [0.3, 0.4) is 0 Å². The molecule has 1 fully saturated rings. The van der Waals surface area contributed by atoms with E-state index >= 15 is 0 Å². The van der Waals surface area contributed by atoms with Gasteiger partial charge in [-0.3, -0.25) is 9.78 Å². The smallest absolute Gasteiger partial charge is 0.230 e. The number of hydrogen-bond donors (Lipinski definition) is 1. The number of nitrogens with one attached hydrogen (secondary N) is 1. The minimum Gasteiger partial charge on any atom is -0.486 e. The number of rotatable bonds is 4. The molecule has 2 aromatic rings. The predicted molar refractivity (Wildman–Crippen MR) is 84.4 cm³/mol. The van der Waals surface area contributed by atoms with E-state index in [0.717, 1.165) is 35.6 Å². The molecule has 1 aromatic heterocycles. The molecule has 118 valence electrons. The van der Waals surface area contributed by atoms with Crippen molar-refractivity contribution in [1.29, 1.82) is 0 Å². The third-order valence-corrected chi connectivity index (χ3v) is 4.44. The number of fused-ring (bicyclic) bond motifs is 1. The lowest BCUT2D eigenvalue weighted by Gasteiger charge is -2.21. The Morgan fingerprint density at radius 2 is 1.96 bits per heavy atom. The number of aromatic nitrogens is 1. The summed E-state index contributed by atoms with van der Waals surface area (Å²) < 4.78 is 11.2. The number of benzene rings is 1. The summed E-state index contributed by atoms with van der Waals surface area (Å²) in [6.07, 6.45) is 3.45. The highest BCUT2D eigenvalue weighted by Crippen LogP contribution is 2.50. The van der Waals surface area contributed by atoms with Gasteiger partial charge in [0.2, 0.25) is 5.91 Å². The van der Waals surface area contributed by atoms with Gasteiger partial charge in [-0.1, -0.05) is 12.1 Å². The van der Waals surface area contributed by atoms with Crippen molar-refractivity contribution >= 4 is 5.91 Å². The van der Waals surface area contributed by atoms with E-state index in [1.165, 1.54) is 0 Å². The molecule has 5 nitrogen and oxygen atoms in total. The van der Waals surface area contributed by atoms with Crippen molar-refractivity contribution in [2.24, 2.45) is 0 Å². The summed E-state index contributed by atoms with van der Waals surface area (Å²) in [5, 5.41) is 3.01. The maximum atomic E-state index is 12.7. The molecule has 0 bridgehead atoms. The standard InChI is InChI=1S/C18H18N2O3/c21-17(20-12-14-3-1-2-8-19-14)18(6-7-18)13-4-5-15-16(11-13)23-10-9-22-15/h1-5,8,11H,6-7,9-10,12H2,(H,20,21). The SMILES string of the molecule is O=C(NCc1ccccn1)C1(c2ccc3c(c2)OCCO3)CC1. The topological polar surface area (TPSA) is 60.5 Å². The number of ether oxygens (including phenoxy) is 2. The van der Waals surface area contributed by atoms with Crippen molar-refractivity contribution in [3.63, 3.8) is 0 Å². The lowest BCUT2D eigenvalue weighted by Crippen LogP contribution is -2.34. The van der Waals surface area contributed by atoms with Crippen molar-refractivity contribution in [3.8, 4) is 11.5 Å². The van der Waals surface area contributed by atoms with Gasteiger partial charge in [0, 0.05) is 6.20 Å². The first-order chi connectivity index (χ1) is 11.3. The molecule has 0 radical (unpaired) electrons. The highest BCUT2D eigenvalue weighted by atomic mass is 16.6. The van der Waals surface area contributed by atoms with Gasteiger partial charge in [0.1, 0.15) is 13.2 Å². The van der Waals surface area contributed by atoms with Crippen LogP contribution in [-0.4, -0.2) is 24.1 Å². The Balaban J connectivity index is 1.50. The van der Waals surface area contributed by atoms with Crippen LogP contribution < -0.4 is 14.8 Å². The fraction of sp³-hybridized carbons (Fsp3) is 0.333. The van der Waals surface area contributed by atoms with Crippen LogP contribution in [0.5, 0.6) is 11.5 Å². The van der Waals surface area contributed by atoms with E-state index in [-0.39, 0.29) is 5.91 Å². The van der Waals surface area contributed by atoms with Gasteiger partial charge < -0.3 is 14.8 Å². The van der Waals surface area contributed by atoms with Crippen molar-refractivity contribution in [1.82, 2.24) is 10.3 Å². The summed E-state index contributed by atoms with van der Waals surface area (Å²) in [6.45, 7) is 1.57. The summed E-state index contributed by atoms with van der Waals surface area (Å²) in [7, 11) is 0. The first kappa shape index (κ1) is 14.1. The molecule has 5 heteroatoms. The van der Waals surface area contributed by atoms with Gasteiger partial charge in [-0.15, -0.1) is 0 Å². The van der Waals surface area contributed by atoms with Gasteiger partial charge in [0.05, 0.1) is 17.7 Å². The molecule has 1 N–H and O–H groups in total. The zero-order valence-electron chi connectivity index (χ0n) is 12.7. The van der Waals surface area contributed by atoms with Crippen molar-refractivity contribution in [2.75, 3.05) is 13.2 Å². The first-order valence-corrected chi connectivity index (χ1v) is 7.86. The van der Waals surface area contributed by atoms with Gasteiger partial charge in [-0.25, -0.2) is 0 Å². The molecule has 1 aliphatic carbocycles. The van der Waals surface area contributed by atoms with Crippen LogP contribution in [0.15, 0.2) is 42.6 Å². The van der Waals surface area contributed by atoms with Crippen LogP contribution in [0.1, 0.15) is 24.1 Å². The number of hydrogen-bond acceptors (Lipinski definition) is 4. The van der Waals surface area contributed by atoms with Gasteiger partial charge in [0.25, 0.3) is 0 Å². The van der Waals surface area contributed by atoms with E-state index < -0.39 is 5.41 Å². The average Bonchev–Trinajstić information content (AvgIpc) is 3.42. The molecule has 0 spiro atoms. The Kier molecular flexibility index (Phi) is 3.41. The third-order valence-electron chi connectivity index (χ3n) is 4.44. The Bertz CT molecular complexity index is 726. The molecule has 0 atom stereocenters. The molecular weight excluding hydrogens is 292 g/mol. The van der Waals surface area contributed by atoms with Crippen molar-refractivity contribution in [3.05, 3.63) is 53.9 Å². The summed E-state index contributed by atoms with van der Waals surface area (Å²) in [4.78, 5) is 16.9. The van der Waals surface area contributed by atoms with E-state index in [2.05, 4.69) is 10.3 Å². The van der Waals surface area contributed by atoms with Crippen LogP contribution >= 0.6 is 0 Å². The Hall–Kier alpha value is -2.56. The fourth-order valence-electron chi connectivity index (χ4n) is 2.96. The van der Waals surface area contributed by atoms with E-state index in [4.69, 9.17) is 9.47 Å². The monoisotopic (exact) mass is 310 g/mol. The molecule has 2 aliphatic rings. The van der Waals surface area contributed by atoms with Crippen LogP contribution in [0, 0.1) is 0 Å². The molecule has 0 saturated heterocycles. The molecule has 23 heavy (non-hydrogen) atoms. The lowest BCUT2D eigenvalue weighted by molar-refractivity contribution is -0.123. The van der Waals surface area contributed by atoms with E-state index in [1.54, 1.807) is 6.20 Å². The number of carbonyl (C=O) groups excluding carboxylic acids is 1. The maximum Gasteiger partial charge on any atom is 0.230 e. The van der Waals surface area contributed by atoms with Gasteiger partial charge in [0.15, 0.2) is 11.5 Å². The largest absolute Gasteiger partial charge is 0.486 e. The third kappa shape index (κ3) is 2.63. The van der Waals surface area contributed by atoms with E-state index in [9.17, 15) is 4.79 Å². The van der Waals surface area contributed by atoms with Crippen LogP contribution in [-0.2, 0) is 16.8 Å². The highest BCUT2D eigenvalue weighted by Gasteiger charge is 2.51. The van der Waals surface area contributed by atoms with Crippen LogP contribution in [0.25, 0.3) is 0 Å². The normalized spacial score (nSPS) is 17.4. The molecular formula is C18H18N2O3. The molecule has 0 unspecified atom stereocenters. The molecule has 1 aliphatic heterocycles. The summed E-state index contributed by atoms with van der Waals surface area (Å²) >= 11 is 0. The van der Waals surface area contributed by atoms with Crippen molar-refractivity contribution in [2.45, 2.75) is 24.8 Å². The van der Waals surface area contributed by atoms with Crippen molar-refractivity contribution < 1.29 is 14.3 Å². The average molecular weight is 310 g/mol. The van der Waals surface area contributed by atoms with Crippen LogP contribution in [0.2, 0.25) is 0 Å². The molecule has 1 aromatic carbocycles. The Labute approximate surface area is 134 Å². The molecule has 1 amide bonds. The number of carbonyl (C=O) groups is 1. The number of nitrogens with zero attached hydrogens (tertiary/aromatic N) is 1. The minimum atomic E-state index is -0.426. The summed E-state index contributed by atoms with van der Waals surface area (Å²) in [5.74, 6) is 1.54. The maximum absolute atomic E-state index is 12.7. The molecule has 4 rings (SSSR count). The first-order valence-electron chi connectivity index (χ1n) is 7.86. The zero-order valence-corrected chi connectivity index (χ0v) is 12.7. The predicted octanol–water partition coefficient (Wildman–Crippen LogP) is 2.20. The minimum absolute atomic E-state index is 0.0554. The second kappa shape index (κ2) is 5.57. The fourth-order valence-corrected chi connectivity index (χ4v) is 2.96. The summed E-state index contributed by atoms with van der Waals surface area (Å²) in [6, 6.07) is 11.5. The molecule has 1 saturated carbocycles. The van der Waals surface area contributed by atoms with E-state index in [0.29, 0.717) is 19.8 Å². The lowest BCUT2D eigenvalue weighted by atomic mass is 9.94. The molecule has 2 heterocycles. The zero-order chi connectivity index (χ0) is 15.7. The number of pyridine rings is 1. The number of amides is 1. The second-order valence-corrected chi connectivity index (χ2v) is 5.94. The quantitative estimate of drug-likeness (QED) is 0.940. The highest BCUT2D eigenvalue weighted by molar-refractivity contribution is 5.91. The van der Waals surface area contributed by atoms with Gasteiger partial charge >= 0.3 is 0 Å². The van der Waals surface area contributed by atoms with E-state index in [1.807, 2.05) is 36.4 Å². The second-order valence-electron chi connectivity index (χ2n) is 5.94. The van der Waals surface area contributed by atoms with Gasteiger partial charge in [-0.05, 0) is 42.7 Å². The van der Waals surface area contributed by atoms with Gasteiger partial charge in [-0.2, -0.15) is 0 Å². The Morgan fingerprint density at radius 3 is 2.70 bits per heavy atom. The summed E-state index contributed by atoms with van der Waals surface area (Å²) in [5.41, 5.74) is 1.43. The Morgan fingerprint density at radius 1 is 1.13 bits per heavy atom.